The van der Waals surface area contributed by atoms with Crippen LogP contribution in [0.15, 0.2) is 28.5 Å². The minimum atomic E-state index is -0.698. The van der Waals surface area contributed by atoms with Crippen molar-refractivity contribution in [3.05, 3.63) is 50.3 Å². The van der Waals surface area contributed by atoms with Gasteiger partial charge in [0.05, 0.1) is 22.8 Å². The summed E-state index contributed by atoms with van der Waals surface area (Å²) in [5.74, 6) is -1.24. The molecule has 2 aromatic heterocycles. The van der Waals surface area contributed by atoms with Gasteiger partial charge in [0.15, 0.2) is 0 Å². The van der Waals surface area contributed by atoms with E-state index in [1.807, 2.05) is 13.8 Å². The van der Waals surface area contributed by atoms with Gasteiger partial charge in [-0.1, -0.05) is 0 Å². The van der Waals surface area contributed by atoms with Crippen molar-refractivity contribution in [2.75, 3.05) is 6.61 Å². The summed E-state index contributed by atoms with van der Waals surface area (Å²) >= 11 is 1.43. The van der Waals surface area contributed by atoms with E-state index in [1.54, 1.807) is 22.9 Å². The zero-order chi connectivity index (χ0) is 18.1. The van der Waals surface area contributed by atoms with Gasteiger partial charge in [0.2, 0.25) is 5.43 Å². The number of carbonyl (C=O) groups excluding carboxylic acids is 1. The number of nitrogens with zero attached hydrogens (tertiary/aromatic N) is 2. The maximum Gasteiger partial charge on any atom is 0.343 e. The van der Waals surface area contributed by atoms with Gasteiger partial charge >= 0.3 is 5.97 Å². The van der Waals surface area contributed by atoms with Crippen LogP contribution in [0.2, 0.25) is 0 Å². The second kappa shape index (κ2) is 6.76. The molecule has 0 unspecified atom stereocenters. The molecule has 130 valence electrons. The van der Waals surface area contributed by atoms with E-state index in [0.29, 0.717) is 23.3 Å². The second-order valence-corrected chi connectivity index (χ2v) is 6.54. The third-order valence-electron chi connectivity index (χ3n) is 3.90. The molecule has 0 aliphatic heterocycles. The van der Waals surface area contributed by atoms with E-state index in [0.717, 1.165) is 5.01 Å². The fourth-order valence-corrected chi connectivity index (χ4v) is 3.32. The van der Waals surface area contributed by atoms with Crippen molar-refractivity contribution in [1.29, 1.82) is 0 Å². The fraction of sp³-hybridized carbons (Fsp3) is 0.278. The van der Waals surface area contributed by atoms with Crippen LogP contribution in [0.5, 0.6) is 0 Å². The van der Waals surface area contributed by atoms with E-state index >= 15 is 0 Å². The Labute approximate surface area is 147 Å². The van der Waals surface area contributed by atoms with Crippen molar-refractivity contribution in [2.24, 2.45) is 0 Å². The minimum absolute atomic E-state index is 0.0900. The van der Waals surface area contributed by atoms with E-state index in [2.05, 4.69) is 4.98 Å². The van der Waals surface area contributed by atoms with E-state index in [1.165, 1.54) is 23.6 Å². The van der Waals surface area contributed by atoms with Crippen LogP contribution in [0.25, 0.3) is 22.2 Å². The molecule has 3 rings (SSSR count). The van der Waals surface area contributed by atoms with Crippen molar-refractivity contribution in [2.45, 2.75) is 27.3 Å². The lowest BCUT2D eigenvalue weighted by Gasteiger charge is -2.12. The van der Waals surface area contributed by atoms with Crippen molar-refractivity contribution >= 4 is 28.2 Å². The van der Waals surface area contributed by atoms with Crippen LogP contribution in [-0.4, -0.2) is 22.1 Å². The number of rotatable bonds is 4. The van der Waals surface area contributed by atoms with Crippen molar-refractivity contribution in [1.82, 2.24) is 9.55 Å². The standard InChI is InChI=1S/C18H17FN2O3S/c1-4-21-8-13(18(23)24-5-2)17(22)12-6-14(19)11(7-16(12)21)15-9-25-10(3)20-15/h6-9H,4-5H2,1-3H3. The number of aryl methyl sites for hydroxylation is 2. The molecule has 0 saturated carbocycles. The number of ether oxygens (including phenoxy) is 1. The molecule has 25 heavy (non-hydrogen) atoms. The molecule has 0 N–H and O–H groups in total. The number of aromatic nitrogens is 2. The molecule has 0 saturated heterocycles. The predicted octanol–water partition coefficient (Wildman–Crippen LogP) is 3.77. The molecular weight excluding hydrogens is 343 g/mol. The summed E-state index contributed by atoms with van der Waals surface area (Å²) < 4.78 is 21.3. The lowest BCUT2D eigenvalue weighted by atomic mass is 10.1. The molecule has 1 aromatic carbocycles. The number of thiazole rings is 1. The van der Waals surface area contributed by atoms with Gasteiger partial charge in [-0.15, -0.1) is 11.3 Å². The number of fused-ring (bicyclic) bond motifs is 1. The second-order valence-electron chi connectivity index (χ2n) is 5.48. The first-order valence-corrected chi connectivity index (χ1v) is 8.80. The summed E-state index contributed by atoms with van der Waals surface area (Å²) in [6.07, 6.45) is 1.47. The van der Waals surface area contributed by atoms with Crippen molar-refractivity contribution < 1.29 is 13.9 Å². The van der Waals surface area contributed by atoms with Gasteiger partial charge in [0.25, 0.3) is 0 Å². The Bertz CT molecular complexity index is 1020. The molecule has 7 heteroatoms. The normalized spacial score (nSPS) is 11.0. The van der Waals surface area contributed by atoms with E-state index < -0.39 is 17.2 Å². The number of carbonyl (C=O) groups is 1. The third-order valence-corrected chi connectivity index (χ3v) is 4.67. The highest BCUT2D eigenvalue weighted by Crippen LogP contribution is 2.28. The average molecular weight is 360 g/mol. The predicted molar refractivity (Wildman–Crippen MR) is 95.6 cm³/mol. The molecule has 0 aliphatic rings. The molecule has 2 heterocycles. The van der Waals surface area contributed by atoms with Crippen molar-refractivity contribution in [3.8, 4) is 11.3 Å². The van der Waals surface area contributed by atoms with Crippen molar-refractivity contribution in [3.63, 3.8) is 0 Å². The van der Waals surface area contributed by atoms with Gasteiger partial charge in [-0.05, 0) is 32.9 Å². The maximum absolute atomic E-state index is 14.6. The Morgan fingerprint density at radius 1 is 1.36 bits per heavy atom. The molecule has 0 amide bonds. The Morgan fingerprint density at radius 3 is 2.72 bits per heavy atom. The molecule has 0 spiro atoms. The average Bonchev–Trinajstić information content (AvgIpc) is 3.01. The highest BCUT2D eigenvalue weighted by atomic mass is 32.1. The van der Waals surface area contributed by atoms with Gasteiger partial charge in [-0.3, -0.25) is 4.79 Å². The van der Waals surface area contributed by atoms with Crippen LogP contribution in [-0.2, 0) is 11.3 Å². The highest BCUT2D eigenvalue weighted by Gasteiger charge is 2.19. The van der Waals surface area contributed by atoms with Crippen LogP contribution in [0.1, 0.15) is 29.2 Å². The number of halogens is 1. The zero-order valence-electron chi connectivity index (χ0n) is 14.1. The van der Waals surface area contributed by atoms with E-state index in [4.69, 9.17) is 4.74 Å². The van der Waals surface area contributed by atoms with Gasteiger partial charge in [0.1, 0.15) is 11.4 Å². The molecule has 0 bridgehead atoms. The molecule has 0 radical (unpaired) electrons. The topological polar surface area (TPSA) is 61.2 Å². The first-order chi connectivity index (χ1) is 12.0. The zero-order valence-corrected chi connectivity index (χ0v) is 14.9. The number of benzene rings is 1. The van der Waals surface area contributed by atoms with Crippen LogP contribution >= 0.6 is 11.3 Å². The summed E-state index contributed by atoms with van der Waals surface area (Å²) in [4.78, 5) is 29.0. The lowest BCUT2D eigenvalue weighted by molar-refractivity contribution is 0.0524. The monoisotopic (exact) mass is 360 g/mol. The van der Waals surface area contributed by atoms with E-state index in [-0.39, 0.29) is 17.6 Å². The largest absolute Gasteiger partial charge is 0.462 e. The molecule has 5 nitrogen and oxygen atoms in total. The first kappa shape index (κ1) is 17.3. The highest BCUT2D eigenvalue weighted by molar-refractivity contribution is 7.09. The quantitative estimate of drug-likeness (QED) is 0.665. The minimum Gasteiger partial charge on any atom is -0.462 e. The van der Waals surface area contributed by atoms with Crippen LogP contribution in [0.4, 0.5) is 4.39 Å². The van der Waals surface area contributed by atoms with Gasteiger partial charge in [0, 0.05) is 29.1 Å². The summed E-state index contributed by atoms with van der Waals surface area (Å²) in [7, 11) is 0. The summed E-state index contributed by atoms with van der Waals surface area (Å²) in [6.45, 7) is 6.08. The number of hydrogen-bond acceptors (Lipinski definition) is 5. The summed E-state index contributed by atoms with van der Waals surface area (Å²) in [5, 5.41) is 2.77. The van der Waals surface area contributed by atoms with Crippen LogP contribution in [0.3, 0.4) is 0 Å². The molecule has 0 fully saturated rings. The molecule has 0 atom stereocenters. The smallest absolute Gasteiger partial charge is 0.343 e. The fourth-order valence-electron chi connectivity index (χ4n) is 2.71. The maximum atomic E-state index is 14.6. The Hall–Kier alpha value is -2.54. The van der Waals surface area contributed by atoms with Gasteiger partial charge in [-0.2, -0.15) is 0 Å². The molecular formula is C18H17FN2O3S. The number of esters is 1. The first-order valence-electron chi connectivity index (χ1n) is 7.92. The van der Waals surface area contributed by atoms with E-state index in [9.17, 15) is 14.0 Å². The Balaban J connectivity index is 2.29. The van der Waals surface area contributed by atoms with Crippen LogP contribution < -0.4 is 5.43 Å². The summed E-state index contributed by atoms with van der Waals surface area (Å²) in [6, 6.07) is 2.79. The SMILES string of the molecule is CCOC(=O)c1cn(CC)c2cc(-c3csc(C)n3)c(F)cc2c1=O. The molecule has 0 aliphatic carbocycles. The summed E-state index contributed by atoms with van der Waals surface area (Å²) in [5.41, 5.74) is 0.808. The Kier molecular flexibility index (Phi) is 4.67. The number of hydrogen-bond donors (Lipinski definition) is 0. The third kappa shape index (κ3) is 3.07. The van der Waals surface area contributed by atoms with Gasteiger partial charge < -0.3 is 9.30 Å². The lowest BCUT2D eigenvalue weighted by Crippen LogP contribution is -2.21. The number of pyridine rings is 1. The molecule has 3 aromatic rings. The van der Waals surface area contributed by atoms with Gasteiger partial charge in [-0.25, -0.2) is 14.2 Å². The Morgan fingerprint density at radius 2 is 2.12 bits per heavy atom. The van der Waals surface area contributed by atoms with Crippen LogP contribution in [0, 0.1) is 12.7 Å².